The molecule has 10 heteroatoms. The molecule has 0 amide bonds. The molecule has 9 nitrogen and oxygen atoms in total. The van der Waals surface area contributed by atoms with Crippen molar-refractivity contribution < 1.29 is 28.2 Å². The van der Waals surface area contributed by atoms with Crippen LogP contribution in [0, 0.1) is 17.8 Å². The van der Waals surface area contributed by atoms with E-state index in [0.717, 1.165) is 25.8 Å². The van der Waals surface area contributed by atoms with Crippen LogP contribution in [0.3, 0.4) is 0 Å². The lowest BCUT2D eigenvalue weighted by Gasteiger charge is -2.42. The van der Waals surface area contributed by atoms with Crippen molar-refractivity contribution >= 4 is 22.0 Å². The van der Waals surface area contributed by atoms with Crippen LogP contribution < -0.4 is 5.32 Å². The number of carboxylic acid groups (broad SMARTS) is 2. The van der Waals surface area contributed by atoms with Crippen LogP contribution in [0.4, 0.5) is 0 Å². The molecule has 0 spiro atoms. The number of hydrogen-bond donors (Lipinski definition) is 3. The molecule has 3 fully saturated rings. The van der Waals surface area contributed by atoms with E-state index in [9.17, 15) is 28.2 Å². The molecule has 188 valence electrons. The Balaban J connectivity index is 1.39. The molecule has 1 aromatic carbocycles. The van der Waals surface area contributed by atoms with Gasteiger partial charge in [-0.25, -0.2) is 12.7 Å². The van der Waals surface area contributed by atoms with Gasteiger partial charge in [0.05, 0.1) is 5.75 Å². The Morgan fingerprint density at radius 3 is 2.47 bits per heavy atom. The van der Waals surface area contributed by atoms with Gasteiger partial charge in [-0.1, -0.05) is 30.3 Å². The molecule has 0 radical (unpaired) electrons. The fourth-order valence-corrected chi connectivity index (χ4v) is 7.49. The van der Waals surface area contributed by atoms with Gasteiger partial charge in [0, 0.05) is 26.2 Å². The average molecular weight is 494 g/mol. The summed E-state index contributed by atoms with van der Waals surface area (Å²) in [6.45, 7) is 1.72. The third-order valence-electron chi connectivity index (χ3n) is 8.02. The molecule has 0 bridgehead atoms. The molecule has 1 aliphatic carbocycles. The van der Waals surface area contributed by atoms with Gasteiger partial charge in [-0.3, -0.25) is 14.5 Å². The topological polar surface area (TPSA) is 127 Å². The number of rotatable bonds is 8. The molecule has 2 saturated heterocycles. The van der Waals surface area contributed by atoms with Crippen molar-refractivity contribution in [1.82, 2.24) is 14.5 Å². The molecule has 0 aromatic heterocycles. The number of hydrogen-bond acceptors (Lipinski definition) is 6. The van der Waals surface area contributed by atoms with Gasteiger partial charge in [-0.05, 0) is 62.0 Å². The first-order valence-electron chi connectivity index (χ1n) is 12.1. The number of nitrogens with one attached hydrogen (secondary N) is 1. The minimum Gasteiger partial charge on any atom is -0.480 e. The largest absolute Gasteiger partial charge is 0.480 e. The second kappa shape index (κ2) is 10.3. The van der Waals surface area contributed by atoms with Gasteiger partial charge in [0.25, 0.3) is 0 Å². The third-order valence-corrected chi connectivity index (χ3v) is 9.89. The normalized spacial score (nSPS) is 32.4. The van der Waals surface area contributed by atoms with Gasteiger partial charge >= 0.3 is 11.9 Å². The molecule has 1 aromatic rings. The number of sulfonamides is 1. The highest BCUT2D eigenvalue weighted by Crippen LogP contribution is 2.39. The highest BCUT2D eigenvalue weighted by Gasteiger charge is 2.44. The number of nitrogens with zero attached hydrogens (tertiary/aromatic N) is 2. The van der Waals surface area contributed by atoms with Crippen LogP contribution in [-0.4, -0.2) is 84.6 Å². The van der Waals surface area contributed by atoms with E-state index in [4.69, 9.17) is 0 Å². The predicted octanol–water partition coefficient (Wildman–Crippen LogP) is 1.45. The first-order valence-corrected chi connectivity index (χ1v) is 13.7. The fraction of sp³-hybridized carbons (Fsp3) is 0.667. The van der Waals surface area contributed by atoms with E-state index in [-0.39, 0.29) is 18.2 Å². The fourth-order valence-electron chi connectivity index (χ4n) is 6.06. The van der Waals surface area contributed by atoms with E-state index in [2.05, 4.69) is 5.32 Å². The highest BCUT2D eigenvalue weighted by molar-refractivity contribution is 7.88. The van der Waals surface area contributed by atoms with E-state index in [1.165, 1.54) is 4.31 Å². The van der Waals surface area contributed by atoms with Crippen LogP contribution in [0.1, 0.15) is 37.7 Å². The summed E-state index contributed by atoms with van der Waals surface area (Å²) in [5.41, 5.74) is 0.706. The Bertz CT molecular complexity index is 988. The molecule has 6 atom stereocenters. The minimum absolute atomic E-state index is 0.108. The Kier molecular flexibility index (Phi) is 7.61. The van der Waals surface area contributed by atoms with E-state index in [1.807, 2.05) is 11.0 Å². The summed E-state index contributed by atoms with van der Waals surface area (Å²) in [5, 5.41) is 22.3. The number of likely N-dealkylation sites (tertiary alicyclic amines) is 1. The maximum Gasteiger partial charge on any atom is 0.320 e. The zero-order valence-corrected chi connectivity index (χ0v) is 20.4. The maximum absolute atomic E-state index is 13.0. The molecule has 2 heterocycles. The zero-order valence-electron chi connectivity index (χ0n) is 19.5. The van der Waals surface area contributed by atoms with E-state index in [1.54, 1.807) is 31.3 Å². The zero-order chi connectivity index (χ0) is 24.5. The number of carbonyl (C=O) groups is 2. The van der Waals surface area contributed by atoms with Gasteiger partial charge in [-0.15, -0.1) is 0 Å². The summed E-state index contributed by atoms with van der Waals surface area (Å²) < 4.78 is 27.4. The standard InChI is InChI=1S/C24H35N3O6S/c1-26(34(32,33)15-16-5-3-2-4-6-16)20-11-22(24(30)31)27(14-20)13-17-7-8-18-12-25-21(23(28)29)10-19(18)9-17/h2-6,17-22,25H,7-15H2,1H3,(H,28,29)(H,30,31)/t17-,18-,19+,20-,21-,22-/m0/s1. The molecule has 0 unspecified atom stereocenters. The van der Waals surface area contributed by atoms with Gasteiger partial charge in [-0.2, -0.15) is 0 Å². The van der Waals surface area contributed by atoms with E-state index in [0.29, 0.717) is 42.8 Å². The quantitative estimate of drug-likeness (QED) is 0.497. The smallest absolute Gasteiger partial charge is 0.320 e. The van der Waals surface area contributed by atoms with E-state index >= 15 is 0 Å². The Hall–Kier alpha value is -2.01. The Morgan fingerprint density at radius 2 is 1.79 bits per heavy atom. The summed E-state index contributed by atoms with van der Waals surface area (Å²) in [6, 6.07) is 7.39. The monoisotopic (exact) mass is 493 g/mol. The molecule has 4 rings (SSSR count). The molecular weight excluding hydrogens is 458 g/mol. The van der Waals surface area contributed by atoms with Crippen LogP contribution in [-0.2, 0) is 25.4 Å². The first-order chi connectivity index (χ1) is 16.1. The van der Waals surface area contributed by atoms with Crippen molar-refractivity contribution in [3.63, 3.8) is 0 Å². The van der Waals surface area contributed by atoms with Crippen molar-refractivity contribution in [2.45, 2.75) is 56.0 Å². The molecule has 1 saturated carbocycles. The van der Waals surface area contributed by atoms with Gasteiger partial charge in [0.2, 0.25) is 10.0 Å². The van der Waals surface area contributed by atoms with Crippen LogP contribution in [0.5, 0.6) is 0 Å². The van der Waals surface area contributed by atoms with Crippen LogP contribution in [0.2, 0.25) is 0 Å². The van der Waals surface area contributed by atoms with Gasteiger partial charge in [0.1, 0.15) is 12.1 Å². The van der Waals surface area contributed by atoms with Gasteiger partial charge < -0.3 is 15.5 Å². The van der Waals surface area contributed by atoms with Crippen molar-refractivity contribution in [1.29, 1.82) is 0 Å². The Morgan fingerprint density at radius 1 is 1.06 bits per heavy atom. The summed E-state index contributed by atoms with van der Waals surface area (Å²) >= 11 is 0. The number of carboxylic acids is 2. The number of piperidine rings is 1. The average Bonchev–Trinajstić information content (AvgIpc) is 3.22. The molecule has 2 aliphatic heterocycles. The summed E-state index contributed by atoms with van der Waals surface area (Å²) in [5.74, 6) is -0.741. The van der Waals surface area contributed by atoms with Crippen molar-refractivity contribution in [3.8, 4) is 0 Å². The number of aliphatic carboxylic acids is 2. The van der Waals surface area contributed by atoms with Crippen molar-refractivity contribution in [2.75, 3.05) is 26.7 Å². The minimum atomic E-state index is -3.58. The molecule has 34 heavy (non-hydrogen) atoms. The molecule has 3 aliphatic rings. The summed E-state index contributed by atoms with van der Waals surface area (Å²) in [6.07, 6.45) is 3.77. The lowest BCUT2D eigenvalue weighted by atomic mass is 9.69. The molecular formula is C24H35N3O6S. The lowest BCUT2D eigenvalue weighted by molar-refractivity contribution is -0.143. The van der Waals surface area contributed by atoms with Crippen molar-refractivity contribution in [2.24, 2.45) is 17.8 Å². The second-order valence-corrected chi connectivity index (χ2v) is 12.2. The van der Waals surface area contributed by atoms with Crippen molar-refractivity contribution in [3.05, 3.63) is 35.9 Å². The number of fused-ring (bicyclic) bond motifs is 1. The van der Waals surface area contributed by atoms with E-state index < -0.39 is 34.0 Å². The van der Waals surface area contributed by atoms with Crippen LogP contribution in [0.25, 0.3) is 0 Å². The highest BCUT2D eigenvalue weighted by atomic mass is 32.2. The lowest BCUT2D eigenvalue weighted by Crippen LogP contribution is -2.50. The summed E-state index contributed by atoms with van der Waals surface area (Å²) in [4.78, 5) is 25.4. The second-order valence-electron chi connectivity index (χ2n) is 10.2. The summed E-state index contributed by atoms with van der Waals surface area (Å²) in [7, 11) is -2.03. The number of benzene rings is 1. The third kappa shape index (κ3) is 5.62. The molecule has 3 N–H and O–H groups in total. The maximum atomic E-state index is 13.0. The predicted molar refractivity (Wildman–Crippen MR) is 127 cm³/mol. The SMILES string of the molecule is CN([C@H]1C[C@@H](C(=O)O)N(C[C@H]2CC[C@H]3CN[C@H](C(=O)O)C[C@H]3C2)C1)S(=O)(=O)Cc1ccccc1. The number of likely N-dealkylation sites (N-methyl/N-ethyl adjacent to an activating group) is 1. The van der Waals surface area contributed by atoms with Crippen LogP contribution in [0.15, 0.2) is 30.3 Å². The van der Waals surface area contributed by atoms with Gasteiger partial charge in [0.15, 0.2) is 0 Å². The Labute approximate surface area is 201 Å². The first kappa shape index (κ1) is 25.1. The van der Waals surface area contributed by atoms with Crippen LogP contribution >= 0.6 is 0 Å².